The maximum absolute atomic E-state index is 12.1. The Bertz CT molecular complexity index is 1340. The summed E-state index contributed by atoms with van der Waals surface area (Å²) >= 11 is 0. The van der Waals surface area contributed by atoms with Gasteiger partial charge < -0.3 is 18.6 Å². The SMILES string of the molecule is CCOC(=O)C(C)(C)Oc1ccc(OCCc2nc(-c3ccc(-c4ccccc4)cc3)oc2C)cc1C. The number of oxazole rings is 1. The molecule has 0 amide bonds. The fourth-order valence-corrected chi connectivity index (χ4v) is 3.93. The zero-order valence-electron chi connectivity index (χ0n) is 22.0. The minimum atomic E-state index is -1.08. The molecule has 0 fully saturated rings. The Hall–Kier alpha value is -4.06. The van der Waals surface area contributed by atoms with Gasteiger partial charge in [-0.1, -0.05) is 42.5 Å². The van der Waals surface area contributed by atoms with Crippen LogP contribution in [0.4, 0.5) is 0 Å². The van der Waals surface area contributed by atoms with Gasteiger partial charge in [-0.15, -0.1) is 0 Å². The molecule has 0 saturated carbocycles. The molecule has 4 rings (SSSR count). The molecule has 0 aliphatic rings. The molecule has 37 heavy (non-hydrogen) atoms. The van der Waals surface area contributed by atoms with Crippen LogP contribution >= 0.6 is 0 Å². The summed E-state index contributed by atoms with van der Waals surface area (Å²) in [5.41, 5.74) is 3.92. The number of hydrogen-bond donors (Lipinski definition) is 0. The second-order valence-corrected chi connectivity index (χ2v) is 9.32. The summed E-state index contributed by atoms with van der Waals surface area (Å²) in [7, 11) is 0. The van der Waals surface area contributed by atoms with Crippen molar-refractivity contribution in [3.8, 4) is 34.1 Å². The van der Waals surface area contributed by atoms with Gasteiger partial charge in [0.15, 0.2) is 5.60 Å². The molecule has 0 bridgehead atoms. The Morgan fingerprint density at radius 3 is 2.27 bits per heavy atom. The molecule has 0 unspecified atom stereocenters. The van der Waals surface area contributed by atoms with Gasteiger partial charge >= 0.3 is 5.97 Å². The van der Waals surface area contributed by atoms with E-state index in [4.69, 9.17) is 23.6 Å². The first-order valence-electron chi connectivity index (χ1n) is 12.5. The largest absolute Gasteiger partial charge is 0.493 e. The first-order chi connectivity index (χ1) is 17.8. The Balaban J connectivity index is 1.35. The molecule has 192 valence electrons. The highest BCUT2D eigenvalue weighted by Gasteiger charge is 2.32. The number of nitrogens with zero attached hydrogens (tertiary/aromatic N) is 1. The molecule has 0 saturated heterocycles. The van der Waals surface area contributed by atoms with Crippen LogP contribution in [0.2, 0.25) is 0 Å². The summed E-state index contributed by atoms with van der Waals surface area (Å²) in [4.78, 5) is 16.8. The molecule has 4 aromatic rings. The molecule has 6 nitrogen and oxygen atoms in total. The first-order valence-corrected chi connectivity index (χ1v) is 12.5. The molecular weight excluding hydrogens is 466 g/mol. The van der Waals surface area contributed by atoms with Crippen LogP contribution in [0.3, 0.4) is 0 Å². The number of rotatable bonds is 10. The molecule has 6 heteroatoms. The van der Waals surface area contributed by atoms with Crippen LogP contribution in [0.1, 0.15) is 37.8 Å². The van der Waals surface area contributed by atoms with E-state index in [2.05, 4.69) is 24.3 Å². The van der Waals surface area contributed by atoms with Crippen molar-refractivity contribution in [2.24, 2.45) is 0 Å². The van der Waals surface area contributed by atoms with Gasteiger partial charge in [0.25, 0.3) is 0 Å². The zero-order chi connectivity index (χ0) is 26.4. The van der Waals surface area contributed by atoms with Gasteiger partial charge in [-0.05, 0) is 81.6 Å². The van der Waals surface area contributed by atoms with E-state index in [9.17, 15) is 4.79 Å². The maximum atomic E-state index is 12.1. The van der Waals surface area contributed by atoms with Crippen molar-refractivity contribution in [3.63, 3.8) is 0 Å². The predicted octanol–water partition coefficient (Wildman–Crippen LogP) is 6.97. The number of aromatic nitrogens is 1. The van der Waals surface area contributed by atoms with Crippen LogP contribution in [0, 0.1) is 13.8 Å². The van der Waals surface area contributed by atoms with Crippen molar-refractivity contribution >= 4 is 5.97 Å². The van der Waals surface area contributed by atoms with Gasteiger partial charge in [-0.2, -0.15) is 0 Å². The van der Waals surface area contributed by atoms with E-state index in [0.29, 0.717) is 31.3 Å². The van der Waals surface area contributed by atoms with Crippen LogP contribution in [-0.4, -0.2) is 29.8 Å². The topological polar surface area (TPSA) is 70.8 Å². The minimum Gasteiger partial charge on any atom is -0.493 e. The monoisotopic (exact) mass is 499 g/mol. The van der Waals surface area contributed by atoms with Crippen LogP contribution in [0.5, 0.6) is 11.5 Å². The molecule has 0 spiro atoms. The predicted molar refractivity (Wildman–Crippen MR) is 144 cm³/mol. The lowest BCUT2D eigenvalue weighted by atomic mass is 10.0. The number of benzene rings is 3. The van der Waals surface area contributed by atoms with Gasteiger partial charge in [0.05, 0.1) is 18.9 Å². The lowest BCUT2D eigenvalue weighted by molar-refractivity contribution is -0.158. The molecule has 0 N–H and O–H groups in total. The van der Waals surface area contributed by atoms with E-state index >= 15 is 0 Å². The summed E-state index contributed by atoms with van der Waals surface area (Å²) in [6.07, 6.45) is 0.616. The third kappa shape index (κ3) is 6.39. The number of ether oxygens (including phenoxy) is 3. The Kier molecular flexibility index (Phi) is 7.97. The quantitative estimate of drug-likeness (QED) is 0.220. The van der Waals surface area contributed by atoms with Gasteiger partial charge in [-0.25, -0.2) is 9.78 Å². The van der Waals surface area contributed by atoms with E-state index in [0.717, 1.165) is 33.9 Å². The highest BCUT2D eigenvalue weighted by atomic mass is 16.6. The second-order valence-electron chi connectivity index (χ2n) is 9.32. The van der Waals surface area contributed by atoms with Crippen LogP contribution in [-0.2, 0) is 16.0 Å². The molecule has 0 atom stereocenters. The lowest BCUT2D eigenvalue weighted by Crippen LogP contribution is -2.39. The summed E-state index contributed by atoms with van der Waals surface area (Å²) in [6, 6.07) is 24.0. The van der Waals surface area contributed by atoms with Gasteiger partial charge in [0, 0.05) is 12.0 Å². The molecule has 3 aromatic carbocycles. The maximum Gasteiger partial charge on any atom is 0.349 e. The lowest BCUT2D eigenvalue weighted by Gasteiger charge is -2.25. The third-order valence-electron chi connectivity index (χ3n) is 6.02. The van der Waals surface area contributed by atoms with E-state index in [1.807, 2.05) is 62.4 Å². The van der Waals surface area contributed by atoms with E-state index in [1.54, 1.807) is 20.8 Å². The van der Waals surface area contributed by atoms with Crippen molar-refractivity contribution in [2.75, 3.05) is 13.2 Å². The van der Waals surface area contributed by atoms with Gasteiger partial charge in [-0.3, -0.25) is 0 Å². The van der Waals surface area contributed by atoms with Gasteiger partial charge in [0.2, 0.25) is 5.89 Å². The highest BCUT2D eigenvalue weighted by Crippen LogP contribution is 2.29. The Labute approximate surface area is 218 Å². The minimum absolute atomic E-state index is 0.310. The molecule has 0 radical (unpaired) electrons. The highest BCUT2D eigenvalue weighted by molar-refractivity contribution is 5.79. The normalized spacial score (nSPS) is 11.3. The summed E-state index contributed by atoms with van der Waals surface area (Å²) < 4.78 is 22.9. The summed E-state index contributed by atoms with van der Waals surface area (Å²) in [5.74, 6) is 2.32. The second kappa shape index (κ2) is 11.3. The van der Waals surface area contributed by atoms with Crippen molar-refractivity contribution in [2.45, 2.75) is 46.6 Å². The summed E-state index contributed by atoms with van der Waals surface area (Å²) in [5, 5.41) is 0. The standard InChI is InChI=1S/C31H33NO5/c1-6-34-30(33)31(4,5)37-28-17-16-26(20-21(28)2)35-19-18-27-22(3)36-29(32-27)25-14-12-24(13-15-25)23-10-8-7-9-11-23/h7-17,20H,6,18-19H2,1-5H3. The zero-order valence-corrected chi connectivity index (χ0v) is 22.0. The fourth-order valence-electron chi connectivity index (χ4n) is 3.93. The molecule has 0 aliphatic heterocycles. The van der Waals surface area contributed by atoms with E-state index in [-0.39, 0.29) is 0 Å². The van der Waals surface area contributed by atoms with Crippen molar-refractivity contribution < 1.29 is 23.4 Å². The average molecular weight is 500 g/mol. The number of carbonyl (C=O) groups excluding carboxylic acids is 1. The van der Waals surface area contributed by atoms with Crippen LogP contribution < -0.4 is 9.47 Å². The number of carbonyl (C=O) groups is 1. The fraction of sp³-hybridized carbons (Fsp3) is 0.290. The summed E-state index contributed by atoms with van der Waals surface area (Å²) in [6.45, 7) is 9.77. The van der Waals surface area contributed by atoms with E-state index < -0.39 is 11.6 Å². The molecule has 0 aliphatic carbocycles. The smallest absolute Gasteiger partial charge is 0.349 e. The number of hydrogen-bond acceptors (Lipinski definition) is 6. The van der Waals surface area contributed by atoms with Crippen molar-refractivity contribution in [1.29, 1.82) is 0 Å². The average Bonchev–Trinajstić information content (AvgIpc) is 3.26. The Morgan fingerprint density at radius 2 is 1.59 bits per heavy atom. The third-order valence-corrected chi connectivity index (χ3v) is 6.02. The molecular formula is C31H33NO5. The number of esters is 1. The number of aryl methyl sites for hydroxylation is 2. The van der Waals surface area contributed by atoms with Crippen LogP contribution in [0.15, 0.2) is 77.2 Å². The van der Waals surface area contributed by atoms with Crippen molar-refractivity contribution in [1.82, 2.24) is 4.98 Å². The van der Waals surface area contributed by atoms with E-state index in [1.165, 1.54) is 5.56 Å². The Morgan fingerprint density at radius 1 is 0.919 bits per heavy atom. The van der Waals surface area contributed by atoms with Crippen molar-refractivity contribution in [3.05, 3.63) is 89.8 Å². The van der Waals surface area contributed by atoms with Crippen LogP contribution in [0.25, 0.3) is 22.6 Å². The molecule has 1 aromatic heterocycles. The van der Waals surface area contributed by atoms with Gasteiger partial charge in [0.1, 0.15) is 17.3 Å². The first kappa shape index (κ1) is 26.0. The molecule has 1 heterocycles.